The second kappa shape index (κ2) is 5.54. The van der Waals surface area contributed by atoms with E-state index in [1.165, 1.54) is 0 Å². The number of hydrogen-bond donors (Lipinski definition) is 0. The zero-order chi connectivity index (χ0) is 7.11. The van der Waals surface area contributed by atoms with Crippen LogP contribution < -0.4 is 0 Å². The van der Waals surface area contributed by atoms with Crippen molar-refractivity contribution >= 4 is 5.78 Å². The van der Waals surface area contributed by atoms with E-state index >= 15 is 0 Å². The lowest BCUT2D eigenvalue weighted by atomic mass is 10.1. The van der Waals surface area contributed by atoms with E-state index in [0.29, 0.717) is 0 Å². The minimum Gasteiger partial charge on any atom is -0.295 e. The van der Waals surface area contributed by atoms with E-state index in [-0.39, 0.29) is 5.78 Å². The lowest BCUT2D eigenvalue weighted by molar-refractivity contribution is -0.114. The van der Waals surface area contributed by atoms with Gasteiger partial charge in [0.2, 0.25) is 0 Å². The summed E-state index contributed by atoms with van der Waals surface area (Å²) in [6.07, 6.45) is 6.51. The van der Waals surface area contributed by atoms with E-state index in [1.807, 2.05) is 19.9 Å². The zero-order valence-corrected chi connectivity index (χ0v) is 6.18. The van der Waals surface area contributed by atoms with Crippen molar-refractivity contribution in [2.45, 2.75) is 33.1 Å². The van der Waals surface area contributed by atoms with Crippen molar-refractivity contribution in [1.29, 1.82) is 0 Å². The Morgan fingerprint density at radius 3 is 2.33 bits per heavy atom. The van der Waals surface area contributed by atoms with Crippen LogP contribution in [-0.2, 0) is 4.79 Å². The molecule has 0 fully saturated rings. The average Bonchev–Trinajstić information content (AvgIpc) is 1.94. The summed E-state index contributed by atoms with van der Waals surface area (Å²) >= 11 is 0. The molecule has 0 radical (unpaired) electrons. The van der Waals surface area contributed by atoms with E-state index in [0.717, 1.165) is 19.3 Å². The molecule has 1 heteroatoms. The predicted molar refractivity (Wildman–Crippen MR) is 39.3 cm³/mol. The quantitative estimate of drug-likeness (QED) is 0.487. The van der Waals surface area contributed by atoms with Crippen LogP contribution >= 0.6 is 0 Å². The van der Waals surface area contributed by atoms with Crippen LogP contribution in [0.1, 0.15) is 33.1 Å². The highest BCUT2D eigenvalue weighted by atomic mass is 16.1. The molecule has 0 atom stereocenters. The van der Waals surface area contributed by atoms with Crippen LogP contribution in [0.25, 0.3) is 0 Å². The molecular formula is C8H14O. The van der Waals surface area contributed by atoms with Crippen LogP contribution in [0.5, 0.6) is 0 Å². The first-order chi connectivity index (χ1) is 4.39. The van der Waals surface area contributed by atoms with Gasteiger partial charge in [0.15, 0.2) is 5.78 Å². The molecule has 0 spiro atoms. The molecule has 0 heterocycles. The molecule has 0 amide bonds. The Kier molecular flexibility index (Phi) is 5.18. The van der Waals surface area contributed by atoms with E-state index in [4.69, 9.17) is 0 Å². The van der Waals surface area contributed by atoms with Crippen LogP contribution in [-0.4, -0.2) is 5.78 Å². The van der Waals surface area contributed by atoms with Crippen LogP contribution in [0.15, 0.2) is 12.2 Å². The molecule has 9 heavy (non-hydrogen) atoms. The first-order valence-corrected chi connectivity index (χ1v) is 3.59. The average molecular weight is 126 g/mol. The molecule has 0 N–H and O–H groups in total. The topological polar surface area (TPSA) is 17.1 Å². The standard InChI is InChI=1S/C6H8O.C2H6/c7-6-4-2-1-3-5-6;1-2/h2,4H,1,3,5H2;1-2H3. The number of rotatable bonds is 0. The van der Waals surface area contributed by atoms with Gasteiger partial charge < -0.3 is 0 Å². The van der Waals surface area contributed by atoms with E-state index < -0.39 is 0 Å². The summed E-state index contributed by atoms with van der Waals surface area (Å²) in [7, 11) is 0. The Hall–Kier alpha value is -0.590. The molecule has 0 aromatic heterocycles. The second-order valence-electron chi connectivity index (χ2n) is 1.76. The van der Waals surface area contributed by atoms with Gasteiger partial charge >= 0.3 is 0 Å². The molecule has 0 unspecified atom stereocenters. The van der Waals surface area contributed by atoms with Gasteiger partial charge in [-0.05, 0) is 18.9 Å². The summed E-state index contributed by atoms with van der Waals surface area (Å²) in [4.78, 5) is 10.4. The van der Waals surface area contributed by atoms with Crippen molar-refractivity contribution in [3.63, 3.8) is 0 Å². The molecule has 0 saturated heterocycles. The minimum absolute atomic E-state index is 0.284. The van der Waals surface area contributed by atoms with Crippen molar-refractivity contribution in [1.82, 2.24) is 0 Å². The Morgan fingerprint density at radius 1 is 1.44 bits per heavy atom. The van der Waals surface area contributed by atoms with Gasteiger partial charge in [0.1, 0.15) is 0 Å². The third-order valence-corrected chi connectivity index (χ3v) is 1.10. The molecule has 0 saturated carbocycles. The van der Waals surface area contributed by atoms with Crippen molar-refractivity contribution < 1.29 is 4.79 Å². The number of ketones is 1. The number of hydrogen-bond acceptors (Lipinski definition) is 1. The smallest absolute Gasteiger partial charge is 0.155 e. The molecule has 0 aliphatic heterocycles. The van der Waals surface area contributed by atoms with Gasteiger partial charge in [-0.2, -0.15) is 0 Å². The van der Waals surface area contributed by atoms with Crippen molar-refractivity contribution in [3.05, 3.63) is 12.2 Å². The maximum Gasteiger partial charge on any atom is 0.155 e. The lowest BCUT2D eigenvalue weighted by Crippen LogP contribution is -1.95. The highest BCUT2D eigenvalue weighted by molar-refractivity contribution is 5.90. The van der Waals surface area contributed by atoms with Gasteiger partial charge in [0.05, 0.1) is 0 Å². The molecule has 0 bridgehead atoms. The third kappa shape index (κ3) is 3.95. The Labute approximate surface area is 56.8 Å². The maximum absolute atomic E-state index is 10.4. The number of allylic oxidation sites excluding steroid dienone is 2. The van der Waals surface area contributed by atoms with E-state index in [9.17, 15) is 4.79 Å². The Balaban J connectivity index is 0.000000291. The molecule has 52 valence electrons. The molecule has 1 aliphatic carbocycles. The molecule has 1 nitrogen and oxygen atoms in total. The van der Waals surface area contributed by atoms with Crippen molar-refractivity contribution in [3.8, 4) is 0 Å². The monoisotopic (exact) mass is 126 g/mol. The second-order valence-corrected chi connectivity index (χ2v) is 1.76. The van der Waals surface area contributed by atoms with Gasteiger partial charge in [-0.25, -0.2) is 0 Å². The zero-order valence-electron chi connectivity index (χ0n) is 6.18. The normalized spacial score (nSPS) is 16.4. The van der Waals surface area contributed by atoms with Crippen LogP contribution in [0.3, 0.4) is 0 Å². The summed E-state index contributed by atoms with van der Waals surface area (Å²) in [6, 6.07) is 0. The molecular weight excluding hydrogens is 112 g/mol. The fourth-order valence-corrected chi connectivity index (χ4v) is 0.692. The fourth-order valence-electron chi connectivity index (χ4n) is 0.692. The summed E-state index contributed by atoms with van der Waals surface area (Å²) in [5.74, 6) is 0.284. The number of carbonyl (C=O) groups excluding carboxylic acids is 1. The predicted octanol–water partition coefficient (Wildman–Crippen LogP) is 2.32. The highest BCUT2D eigenvalue weighted by Crippen LogP contribution is 2.04. The lowest BCUT2D eigenvalue weighted by Gasteiger charge is -1.97. The summed E-state index contributed by atoms with van der Waals surface area (Å²) < 4.78 is 0. The van der Waals surface area contributed by atoms with Gasteiger partial charge in [0.25, 0.3) is 0 Å². The largest absolute Gasteiger partial charge is 0.295 e. The van der Waals surface area contributed by atoms with Crippen molar-refractivity contribution in [2.24, 2.45) is 0 Å². The SMILES string of the molecule is CC.O=C1C=CCCC1. The highest BCUT2D eigenvalue weighted by Gasteiger charge is 1.98. The third-order valence-electron chi connectivity index (χ3n) is 1.10. The minimum atomic E-state index is 0.284. The molecule has 0 aromatic rings. The molecule has 1 aliphatic rings. The summed E-state index contributed by atoms with van der Waals surface area (Å²) in [5, 5.41) is 0. The van der Waals surface area contributed by atoms with E-state index in [2.05, 4.69) is 0 Å². The first-order valence-electron chi connectivity index (χ1n) is 3.59. The fraction of sp³-hybridized carbons (Fsp3) is 0.625. The van der Waals surface area contributed by atoms with Crippen LogP contribution in [0.2, 0.25) is 0 Å². The van der Waals surface area contributed by atoms with E-state index in [1.54, 1.807) is 6.08 Å². The molecule has 1 rings (SSSR count). The van der Waals surface area contributed by atoms with Gasteiger partial charge in [-0.1, -0.05) is 19.9 Å². The summed E-state index contributed by atoms with van der Waals surface area (Å²) in [6.45, 7) is 4.00. The Bertz CT molecular complexity index is 103. The molecule has 0 aromatic carbocycles. The number of carbonyl (C=O) groups is 1. The van der Waals surface area contributed by atoms with Crippen LogP contribution in [0, 0.1) is 0 Å². The van der Waals surface area contributed by atoms with Crippen LogP contribution in [0.4, 0.5) is 0 Å². The van der Waals surface area contributed by atoms with Gasteiger partial charge in [-0.3, -0.25) is 4.79 Å². The van der Waals surface area contributed by atoms with Crippen molar-refractivity contribution in [2.75, 3.05) is 0 Å². The first kappa shape index (κ1) is 8.41. The maximum atomic E-state index is 10.4. The van der Waals surface area contributed by atoms with Gasteiger partial charge in [-0.15, -0.1) is 0 Å². The summed E-state index contributed by atoms with van der Waals surface area (Å²) in [5.41, 5.74) is 0. The Morgan fingerprint density at radius 2 is 2.11 bits per heavy atom. The van der Waals surface area contributed by atoms with Gasteiger partial charge in [0, 0.05) is 6.42 Å².